The Hall–Kier alpha value is -8.87. The van der Waals surface area contributed by atoms with Crippen molar-refractivity contribution in [2.45, 2.75) is 145 Å². The molecule has 0 saturated carbocycles. The highest BCUT2D eigenvalue weighted by Crippen LogP contribution is 2.55. The minimum atomic E-state index is -0.0887. The molecule has 3 aromatic heterocycles. The van der Waals surface area contributed by atoms with Gasteiger partial charge in [0, 0.05) is 51.3 Å². The van der Waals surface area contributed by atoms with Gasteiger partial charge >= 0.3 is 0 Å². The zero-order valence-electron chi connectivity index (χ0n) is 54.2. The topological polar surface area (TPSA) is 46.7 Å². The number of hydrogen-bond donors (Lipinski definition) is 0. The van der Waals surface area contributed by atoms with Crippen LogP contribution >= 0.6 is 0 Å². The second-order valence-electron chi connectivity index (χ2n) is 27.5. The summed E-state index contributed by atoms with van der Waals surface area (Å²) < 4.78 is 16.5. The SMILES string of the molecule is CC(C)c1cccc(C(C)C)c1-c1cc(Oc2ccc3c4c5oc6ccccc6c5ccc4n(-c4cc(C(C)(C)C)ccn4)c3c2)cc(N2CN(c3c(-c4c(C(C)C)cccc4C(C)C)cccc3-c3c(C(C)C)cccc3C(C)C)c3ccccc32)c1. The zero-order valence-corrected chi connectivity index (χ0v) is 54.2. The number of rotatable bonds is 14. The summed E-state index contributed by atoms with van der Waals surface area (Å²) in [5, 5.41) is 4.31. The molecule has 0 saturated heterocycles. The fourth-order valence-electron chi connectivity index (χ4n) is 14.1. The van der Waals surface area contributed by atoms with Gasteiger partial charge in [0.15, 0.2) is 0 Å². The van der Waals surface area contributed by atoms with Crippen LogP contribution in [0.1, 0.15) is 178 Å². The van der Waals surface area contributed by atoms with Gasteiger partial charge in [-0.05, 0) is 169 Å². The molecule has 1 aliphatic heterocycles. The normalized spacial score (nSPS) is 13.0. The van der Waals surface area contributed by atoms with Crippen molar-refractivity contribution >= 4 is 66.5 Å². The van der Waals surface area contributed by atoms with E-state index in [2.05, 4.69) is 294 Å². The number of fused-ring (bicyclic) bond motifs is 8. The summed E-state index contributed by atoms with van der Waals surface area (Å²) in [5.41, 5.74) is 25.2. The van der Waals surface area contributed by atoms with Crippen molar-refractivity contribution < 1.29 is 9.15 Å². The van der Waals surface area contributed by atoms with E-state index in [-0.39, 0.29) is 17.3 Å². The highest BCUT2D eigenvalue weighted by atomic mass is 16.5. The third-order valence-electron chi connectivity index (χ3n) is 18.5. The van der Waals surface area contributed by atoms with Crippen LogP contribution in [0.3, 0.4) is 0 Å². The molecule has 9 aromatic carbocycles. The molecule has 0 atom stereocenters. The summed E-state index contributed by atoms with van der Waals surface area (Å²) >= 11 is 0. The number of anilines is 4. The molecule has 444 valence electrons. The Kier molecular flexibility index (Phi) is 15.0. The van der Waals surface area contributed by atoms with E-state index >= 15 is 0 Å². The molecule has 13 rings (SSSR count). The standard InChI is InChI=1S/C82H84N4O2/c1-48(2)59-25-20-26-60(49(3)4)76(59)54-42-56(45-58(43-54)87-57-36-37-67-73(46-57)86(75-44-55(40-41-83-75)82(13,14)15)72-39-38-66-65-24-16-19-35-74(65)88-81(66)79(67)72)84-47-85(71-34-18-17-33-70(71)84)80-68(77-61(50(5)6)27-21-28-62(77)51(7)8)31-23-32-69(80)78-63(52(9)10)29-22-30-64(78)53(11)12/h16-46,48-53H,47H2,1-15H3. The monoisotopic (exact) mass is 1160 g/mol. The van der Waals surface area contributed by atoms with Crippen LogP contribution in [-0.2, 0) is 5.41 Å². The molecule has 12 aromatic rings. The van der Waals surface area contributed by atoms with Crippen LogP contribution < -0.4 is 14.5 Å². The number of aromatic nitrogens is 2. The van der Waals surface area contributed by atoms with Gasteiger partial charge in [-0.2, -0.15) is 0 Å². The van der Waals surface area contributed by atoms with E-state index in [0.29, 0.717) is 30.3 Å². The summed E-state index contributed by atoms with van der Waals surface area (Å²) in [5.74, 6) is 4.11. The van der Waals surface area contributed by atoms with Gasteiger partial charge in [-0.15, -0.1) is 0 Å². The first-order chi connectivity index (χ1) is 42.3. The number of para-hydroxylation sites is 4. The van der Waals surface area contributed by atoms with Gasteiger partial charge < -0.3 is 19.0 Å². The molecular weight excluding hydrogens is 1070 g/mol. The van der Waals surface area contributed by atoms with E-state index in [1.807, 2.05) is 12.3 Å². The van der Waals surface area contributed by atoms with Gasteiger partial charge in [0.25, 0.3) is 0 Å². The molecule has 0 amide bonds. The Labute approximate surface area is 521 Å². The molecule has 0 bridgehead atoms. The predicted molar refractivity (Wildman–Crippen MR) is 374 cm³/mol. The highest BCUT2D eigenvalue weighted by molar-refractivity contribution is 6.24. The van der Waals surface area contributed by atoms with E-state index in [9.17, 15) is 0 Å². The Balaban J connectivity index is 1.04. The second-order valence-corrected chi connectivity index (χ2v) is 27.5. The minimum Gasteiger partial charge on any atom is -0.457 e. The summed E-state index contributed by atoms with van der Waals surface area (Å²) in [7, 11) is 0. The van der Waals surface area contributed by atoms with E-state index < -0.39 is 0 Å². The fraction of sp³-hybridized carbons (Fsp3) is 0.280. The molecule has 0 fully saturated rings. The second kappa shape index (κ2) is 22.7. The Morgan fingerprint density at radius 3 is 1.53 bits per heavy atom. The van der Waals surface area contributed by atoms with Gasteiger partial charge in [0.05, 0.1) is 33.5 Å². The highest BCUT2D eigenvalue weighted by Gasteiger charge is 2.35. The first-order valence-corrected chi connectivity index (χ1v) is 32.1. The molecule has 0 unspecified atom stereocenters. The number of ether oxygens (including phenoxy) is 1. The summed E-state index contributed by atoms with van der Waals surface area (Å²) in [6.45, 7) is 35.4. The first-order valence-electron chi connectivity index (χ1n) is 32.1. The fourth-order valence-corrected chi connectivity index (χ4v) is 14.1. The molecule has 6 heteroatoms. The van der Waals surface area contributed by atoms with Crippen LogP contribution in [0, 0.1) is 0 Å². The Morgan fingerprint density at radius 1 is 0.443 bits per heavy atom. The summed E-state index contributed by atoms with van der Waals surface area (Å²) in [6, 6.07) is 67.7. The van der Waals surface area contributed by atoms with Crippen LogP contribution in [0.25, 0.3) is 82.9 Å². The maximum absolute atomic E-state index is 7.45. The lowest BCUT2D eigenvalue weighted by Crippen LogP contribution is -2.25. The number of hydrogen-bond acceptors (Lipinski definition) is 5. The van der Waals surface area contributed by atoms with E-state index in [1.54, 1.807) is 0 Å². The number of furan rings is 1. The summed E-state index contributed by atoms with van der Waals surface area (Å²) in [6.07, 6.45) is 1.94. The lowest BCUT2D eigenvalue weighted by atomic mass is 9.80. The maximum Gasteiger partial charge on any atom is 0.145 e. The number of pyridine rings is 1. The third-order valence-corrected chi connectivity index (χ3v) is 18.5. The van der Waals surface area contributed by atoms with Crippen molar-refractivity contribution in [3.05, 3.63) is 227 Å². The Bertz CT molecular complexity index is 4490. The van der Waals surface area contributed by atoms with Crippen LogP contribution in [-0.4, -0.2) is 16.2 Å². The van der Waals surface area contributed by atoms with Crippen LogP contribution in [0.2, 0.25) is 0 Å². The van der Waals surface area contributed by atoms with Gasteiger partial charge in [-0.3, -0.25) is 4.57 Å². The van der Waals surface area contributed by atoms with Gasteiger partial charge in [-0.1, -0.05) is 207 Å². The van der Waals surface area contributed by atoms with E-state index in [0.717, 1.165) is 83.7 Å². The minimum absolute atomic E-state index is 0.0887. The van der Waals surface area contributed by atoms with Crippen molar-refractivity contribution in [3.8, 4) is 50.7 Å². The average molecular weight is 1160 g/mol. The lowest BCUT2D eigenvalue weighted by molar-refractivity contribution is 0.483. The zero-order chi connectivity index (χ0) is 61.6. The molecule has 0 spiro atoms. The van der Waals surface area contributed by atoms with Crippen molar-refractivity contribution in [2.75, 3.05) is 16.5 Å². The van der Waals surface area contributed by atoms with Crippen LogP contribution in [0.15, 0.2) is 193 Å². The molecular formula is C82H84N4O2. The lowest BCUT2D eigenvalue weighted by Gasteiger charge is -2.31. The Morgan fingerprint density at radius 2 is 0.966 bits per heavy atom. The number of benzene rings is 9. The van der Waals surface area contributed by atoms with Crippen molar-refractivity contribution in [2.24, 2.45) is 0 Å². The largest absolute Gasteiger partial charge is 0.457 e. The van der Waals surface area contributed by atoms with Crippen molar-refractivity contribution in [1.82, 2.24) is 9.55 Å². The van der Waals surface area contributed by atoms with Gasteiger partial charge in [0.1, 0.15) is 35.2 Å². The maximum atomic E-state index is 7.45. The molecule has 6 nitrogen and oxygen atoms in total. The first kappa shape index (κ1) is 58.2. The van der Waals surface area contributed by atoms with Crippen LogP contribution in [0.4, 0.5) is 22.7 Å². The van der Waals surface area contributed by atoms with Crippen molar-refractivity contribution in [3.63, 3.8) is 0 Å². The van der Waals surface area contributed by atoms with Crippen molar-refractivity contribution in [1.29, 1.82) is 0 Å². The summed E-state index contributed by atoms with van der Waals surface area (Å²) in [4.78, 5) is 10.3. The molecule has 0 N–H and O–H groups in total. The molecule has 0 aliphatic carbocycles. The quantitative estimate of drug-likeness (QED) is 0.109. The average Bonchev–Trinajstić information content (AvgIpc) is 1.58. The van der Waals surface area contributed by atoms with Gasteiger partial charge in [-0.25, -0.2) is 4.98 Å². The molecule has 4 heterocycles. The molecule has 0 radical (unpaired) electrons. The van der Waals surface area contributed by atoms with Crippen LogP contribution in [0.5, 0.6) is 11.5 Å². The van der Waals surface area contributed by atoms with E-state index in [4.69, 9.17) is 14.1 Å². The predicted octanol–water partition coefficient (Wildman–Crippen LogP) is 24.2. The van der Waals surface area contributed by atoms with Gasteiger partial charge in [0.2, 0.25) is 0 Å². The molecule has 88 heavy (non-hydrogen) atoms. The molecule has 1 aliphatic rings. The third kappa shape index (κ3) is 10.0. The smallest absolute Gasteiger partial charge is 0.145 e. The van der Waals surface area contributed by atoms with E-state index in [1.165, 1.54) is 72.4 Å². The number of nitrogens with zero attached hydrogens (tertiary/aromatic N) is 4.